The average Bonchev–Trinajstić information content (AvgIpc) is 2.61. The zero-order valence-corrected chi connectivity index (χ0v) is 14.9. The smallest absolute Gasteiger partial charge is 0.352 e. The second kappa shape index (κ2) is 7.38. The Hall–Kier alpha value is -2.90. The fourth-order valence-electron chi connectivity index (χ4n) is 3.05. The largest absolute Gasteiger partial charge is 0.433 e. The van der Waals surface area contributed by atoms with Crippen molar-refractivity contribution in [3.63, 3.8) is 0 Å². The Bertz CT molecular complexity index is 862. The van der Waals surface area contributed by atoms with E-state index in [1.165, 1.54) is 6.07 Å². The van der Waals surface area contributed by atoms with Crippen LogP contribution in [0.4, 0.5) is 24.7 Å². The predicted octanol–water partition coefficient (Wildman–Crippen LogP) is 3.83. The van der Waals surface area contributed by atoms with Crippen LogP contribution in [-0.2, 0) is 11.0 Å². The van der Waals surface area contributed by atoms with Crippen LogP contribution in [0, 0.1) is 12.8 Å². The first-order valence-corrected chi connectivity index (χ1v) is 8.47. The van der Waals surface area contributed by atoms with E-state index in [0.29, 0.717) is 18.7 Å². The first-order valence-electron chi connectivity index (χ1n) is 8.47. The maximum atomic E-state index is 12.6. The fourth-order valence-corrected chi connectivity index (χ4v) is 3.05. The SMILES string of the molecule is Cc1cccnc1N1CC=C(C(=O)Nc2ccc(C(F)(F)F)nc2)[C@@H](C)C1. The average molecular weight is 376 g/mol. The Morgan fingerprint density at radius 2 is 2.04 bits per heavy atom. The third kappa shape index (κ3) is 4.27. The second-order valence-corrected chi connectivity index (χ2v) is 6.49. The fraction of sp³-hybridized carbons (Fsp3) is 0.316. The summed E-state index contributed by atoms with van der Waals surface area (Å²) in [5, 5.41) is 2.62. The summed E-state index contributed by atoms with van der Waals surface area (Å²) < 4.78 is 37.7. The number of hydrogen-bond donors (Lipinski definition) is 1. The zero-order chi connectivity index (χ0) is 19.6. The molecule has 0 radical (unpaired) electrons. The molecule has 3 heterocycles. The van der Waals surface area contributed by atoms with Crippen molar-refractivity contribution in [2.45, 2.75) is 20.0 Å². The summed E-state index contributed by atoms with van der Waals surface area (Å²) >= 11 is 0. The van der Waals surface area contributed by atoms with Gasteiger partial charge < -0.3 is 10.2 Å². The standard InChI is InChI=1S/C19H19F3N4O/c1-12-4-3-8-23-17(12)26-9-7-15(13(2)11-26)18(27)25-14-5-6-16(24-10-14)19(20,21)22/h3-8,10,13H,9,11H2,1-2H3,(H,25,27)/t13-/m0/s1. The number of carbonyl (C=O) groups is 1. The van der Waals surface area contributed by atoms with Gasteiger partial charge in [0.15, 0.2) is 0 Å². The van der Waals surface area contributed by atoms with Gasteiger partial charge in [0.2, 0.25) is 0 Å². The van der Waals surface area contributed by atoms with Crippen molar-refractivity contribution in [2.24, 2.45) is 5.92 Å². The quantitative estimate of drug-likeness (QED) is 0.885. The molecule has 1 aliphatic rings. The molecule has 1 aliphatic heterocycles. The molecular weight excluding hydrogens is 357 g/mol. The monoisotopic (exact) mass is 376 g/mol. The lowest BCUT2D eigenvalue weighted by Gasteiger charge is -2.32. The summed E-state index contributed by atoms with van der Waals surface area (Å²) in [6, 6.07) is 5.90. The predicted molar refractivity (Wildman–Crippen MR) is 96.3 cm³/mol. The number of anilines is 2. The number of hydrogen-bond acceptors (Lipinski definition) is 4. The molecule has 5 nitrogen and oxygen atoms in total. The van der Waals surface area contributed by atoms with Crippen molar-refractivity contribution < 1.29 is 18.0 Å². The lowest BCUT2D eigenvalue weighted by atomic mass is 9.95. The Morgan fingerprint density at radius 1 is 1.26 bits per heavy atom. The van der Waals surface area contributed by atoms with E-state index < -0.39 is 11.9 Å². The molecule has 1 amide bonds. The minimum atomic E-state index is -4.50. The third-order valence-corrected chi connectivity index (χ3v) is 4.41. The first kappa shape index (κ1) is 18.9. The minimum Gasteiger partial charge on any atom is -0.352 e. The van der Waals surface area contributed by atoms with Crippen LogP contribution in [0.25, 0.3) is 0 Å². The van der Waals surface area contributed by atoms with Crippen LogP contribution in [0.15, 0.2) is 48.3 Å². The molecule has 142 valence electrons. The van der Waals surface area contributed by atoms with Gasteiger partial charge in [-0.1, -0.05) is 19.1 Å². The van der Waals surface area contributed by atoms with Crippen LogP contribution in [0.5, 0.6) is 0 Å². The first-order chi connectivity index (χ1) is 12.8. The molecule has 0 saturated carbocycles. The summed E-state index contributed by atoms with van der Waals surface area (Å²) in [6.45, 7) is 5.08. The summed E-state index contributed by atoms with van der Waals surface area (Å²) in [5.41, 5.74) is 0.887. The molecular formula is C19H19F3N4O. The molecule has 0 unspecified atom stereocenters. The number of halogens is 3. The molecule has 2 aromatic rings. The molecule has 0 aromatic carbocycles. The summed E-state index contributed by atoms with van der Waals surface area (Å²) in [4.78, 5) is 22.4. The van der Waals surface area contributed by atoms with Crippen LogP contribution in [0.3, 0.4) is 0 Å². The lowest BCUT2D eigenvalue weighted by molar-refractivity contribution is -0.141. The van der Waals surface area contributed by atoms with E-state index in [9.17, 15) is 18.0 Å². The van der Waals surface area contributed by atoms with E-state index >= 15 is 0 Å². The Morgan fingerprint density at radius 3 is 2.63 bits per heavy atom. The van der Waals surface area contributed by atoms with Gasteiger partial charge in [0, 0.05) is 30.8 Å². The molecule has 1 N–H and O–H groups in total. The number of aryl methyl sites for hydroxylation is 1. The number of amides is 1. The van der Waals surface area contributed by atoms with Crippen LogP contribution >= 0.6 is 0 Å². The number of nitrogens with one attached hydrogen (secondary N) is 1. The lowest BCUT2D eigenvalue weighted by Crippen LogP contribution is -2.37. The highest BCUT2D eigenvalue weighted by molar-refractivity contribution is 6.04. The van der Waals surface area contributed by atoms with Gasteiger partial charge in [0.1, 0.15) is 11.5 Å². The van der Waals surface area contributed by atoms with E-state index in [4.69, 9.17) is 0 Å². The van der Waals surface area contributed by atoms with E-state index in [1.54, 1.807) is 6.20 Å². The van der Waals surface area contributed by atoms with Crippen molar-refractivity contribution in [3.05, 3.63) is 59.6 Å². The number of rotatable bonds is 3. The maximum absolute atomic E-state index is 12.6. The van der Waals surface area contributed by atoms with E-state index in [0.717, 1.165) is 23.6 Å². The summed E-state index contributed by atoms with van der Waals surface area (Å²) in [6.07, 6.45) is 0.0695. The highest BCUT2D eigenvalue weighted by atomic mass is 19.4. The van der Waals surface area contributed by atoms with Gasteiger partial charge in [0.25, 0.3) is 5.91 Å². The Balaban J connectivity index is 1.69. The van der Waals surface area contributed by atoms with Crippen molar-refractivity contribution in [3.8, 4) is 0 Å². The molecule has 0 bridgehead atoms. The Labute approximate surface area is 154 Å². The highest BCUT2D eigenvalue weighted by Gasteiger charge is 2.32. The van der Waals surface area contributed by atoms with Crippen LogP contribution in [0.1, 0.15) is 18.2 Å². The summed E-state index contributed by atoms with van der Waals surface area (Å²) in [5.74, 6) is 0.496. The molecule has 0 aliphatic carbocycles. The van der Waals surface area contributed by atoms with Crippen molar-refractivity contribution >= 4 is 17.4 Å². The molecule has 0 spiro atoms. The third-order valence-electron chi connectivity index (χ3n) is 4.41. The molecule has 3 rings (SSSR count). The van der Waals surface area contributed by atoms with Crippen LogP contribution in [-0.4, -0.2) is 29.0 Å². The van der Waals surface area contributed by atoms with Crippen molar-refractivity contribution in [1.29, 1.82) is 0 Å². The maximum Gasteiger partial charge on any atom is 0.433 e. The van der Waals surface area contributed by atoms with E-state index in [2.05, 4.69) is 20.2 Å². The number of pyridine rings is 2. The normalized spacial score (nSPS) is 17.4. The number of nitrogens with zero attached hydrogens (tertiary/aromatic N) is 3. The van der Waals surface area contributed by atoms with Crippen molar-refractivity contribution in [1.82, 2.24) is 9.97 Å². The zero-order valence-electron chi connectivity index (χ0n) is 14.9. The Kier molecular flexibility index (Phi) is 5.16. The van der Waals surface area contributed by atoms with Crippen molar-refractivity contribution in [2.75, 3.05) is 23.3 Å². The molecule has 8 heteroatoms. The van der Waals surface area contributed by atoms with Gasteiger partial charge in [-0.15, -0.1) is 0 Å². The topological polar surface area (TPSA) is 58.1 Å². The van der Waals surface area contributed by atoms with Crippen LogP contribution < -0.4 is 10.2 Å². The van der Waals surface area contributed by atoms with E-state index in [-0.39, 0.29) is 17.5 Å². The molecule has 2 aromatic heterocycles. The van der Waals surface area contributed by atoms with Gasteiger partial charge in [-0.3, -0.25) is 4.79 Å². The van der Waals surface area contributed by atoms with Crippen LogP contribution in [0.2, 0.25) is 0 Å². The molecule has 1 atom stereocenters. The van der Waals surface area contributed by atoms with E-state index in [1.807, 2.05) is 32.1 Å². The minimum absolute atomic E-state index is 0.0532. The van der Waals surface area contributed by atoms with Gasteiger partial charge >= 0.3 is 6.18 Å². The second-order valence-electron chi connectivity index (χ2n) is 6.49. The molecule has 0 fully saturated rings. The summed E-state index contributed by atoms with van der Waals surface area (Å²) in [7, 11) is 0. The van der Waals surface area contributed by atoms with Gasteiger partial charge in [0.05, 0.1) is 11.9 Å². The number of alkyl halides is 3. The van der Waals surface area contributed by atoms with Gasteiger partial charge in [-0.25, -0.2) is 9.97 Å². The molecule has 27 heavy (non-hydrogen) atoms. The highest BCUT2D eigenvalue weighted by Crippen LogP contribution is 2.28. The van der Waals surface area contributed by atoms with Gasteiger partial charge in [-0.05, 0) is 30.7 Å². The number of aromatic nitrogens is 2. The van der Waals surface area contributed by atoms with Gasteiger partial charge in [-0.2, -0.15) is 13.2 Å². The molecule has 0 saturated heterocycles. The number of carbonyl (C=O) groups excluding carboxylic acids is 1.